The second-order valence-corrected chi connectivity index (χ2v) is 10.7. The molecule has 1 fully saturated rings. The molecule has 206 valence electrons. The van der Waals surface area contributed by atoms with Crippen LogP contribution in [0.4, 0.5) is 0 Å². The van der Waals surface area contributed by atoms with Crippen molar-refractivity contribution >= 4 is 40.9 Å². The van der Waals surface area contributed by atoms with E-state index in [0.717, 1.165) is 12.8 Å². The molecule has 1 aromatic heterocycles. The average Bonchev–Trinajstić information content (AvgIpc) is 2.97. The Hall–Kier alpha value is -3.66. The van der Waals surface area contributed by atoms with Gasteiger partial charge in [0.1, 0.15) is 6.61 Å². The molecule has 4 atom stereocenters. The lowest BCUT2D eigenvalue weighted by Crippen LogP contribution is -2.55. The number of hydrogen-bond donors (Lipinski definition) is 1. The van der Waals surface area contributed by atoms with Crippen molar-refractivity contribution < 1.29 is 19.2 Å². The number of nitrogens with one attached hydrogen (secondary N) is 1. The molecule has 4 unspecified atom stereocenters. The van der Waals surface area contributed by atoms with Gasteiger partial charge in [-0.1, -0.05) is 66.4 Å². The molecule has 40 heavy (non-hydrogen) atoms. The Bertz CT molecular complexity index is 1440. The lowest BCUT2D eigenvalue weighted by Gasteiger charge is -2.48. The van der Waals surface area contributed by atoms with Gasteiger partial charge in [0.15, 0.2) is 0 Å². The van der Waals surface area contributed by atoms with Crippen molar-refractivity contribution in [3.05, 3.63) is 104 Å². The number of hydroxylamine groups is 1. The summed E-state index contributed by atoms with van der Waals surface area (Å²) in [7, 11) is 0. The van der Waals surface area contributed by atoms with E-state index in [1.807, 2.05) is 6.07 Å². The van der Waals surface area contributed by atoms with Gasteiger partial charge in [0.25, 0.3) is 17.7 Å². The molecule has 3 amide bonds. The molecular weight excluding hydrogens is 555 g/mol. The number of nitrogens with zero attached hydrogens (tertiary/aromatic N) is 3. The van der Waals surface area contributed by atoms with Crippen molar-refractivity contribution in [3.8, 4) is 0 Å². The maximum atomic E-state index is 14.2. The Morgan fingerprint density at radius 2 is 1.80 bits per heavy atom. The normalized spacial score (nSPS) is 22.4. The molecule has 1 aliphatic carbocycles. The lowest BCUT2D eigenvalue weighted by atomic mass is 9.75. The van der Waals surface area contributed by atoms with E-state index in [-0.39, 0.29) is 17.5 Å². The van der Waals surface area contributed by atoms with Gasteiger partial charge in [-0.2, -0.15) is 0 Å². The van der Waals surface area contributed by atoms with E-state index in [4.69, 9.17) is 28.0 Å². The number of rotatable bonds is 7. The molecule has 1 saturated carbocycles. The number of hydrogen-bond acceptors (Lipinski definition) is 6. The first-order valence-corrected chi connectivity index (χ1v) is 13.7. The summed E-state index contributed by atoms with van der Waals surface area (Å²) in [6.07, 6.45) is 3.95. The van der Waals surface area contributed by atoms with Crippen LogP contribution in [0, 0.1) is 10.8 Å². The Morgan fingerprint density at radius 3 is 2.55 bits per heavy atom. The van der Waals surface area contributed by atoms with Gasteiger partial charge in [0, 0.05) is 33.0 Å². The van der Waals surface area contributed by atoms with Crippen molar-refractivity contribution in [2.75, 3.05) is 0 Å². The van der Waals surface area contributed by atoms with Gasteiger partial charge in [-0.3, -0.25) is 24.2 Å². The molecule has 3 aromatic rings. The molecule has 0 spiro atoms. The third kappa shape index (κ3) is 5.50. The fraction of sp³-hybridized carbons (Fsp3) is 0.310. The number of pyridine rings is 1. The van der Waals surface area contributed by atoms with Crippen molar-refractivity contribution in [2.24, 2.45) is 11.1 Å². The SMILES string of the molecule is O=NC(=O)C1CCCCC1N1C(=O)c2ccccc2C(C(=O)NOCc2ccccn2)C1c1ccc(Cl)cc1Cl. The first-order chi connectivity index (χ1) is 19.4. The quantitative estimate of drug-likeness (QED) is 0.280. The van der Waals surface area contributed by atoms with Crippen LogP contribution < -0.4 is 5.48 Å². The Balaban J connectivity index is 1.61. The molecule has 9 nitrogen and oxygen atoms in total. The zero-order valence-electron chi connectivity index (χ0n) is 21.3. The standard InChI is InChI=1S/C29H26Cl2N4O5/c30-17-12-13-21(23(31)15-17)26-25(28(37)34-40-16-18-7-5-6-14-32-18)19-8-1-2-9-20(19)29(38)35(26)24-11-4-3-10-22(24)27(36)33-39/h1-2,5-9,12-15,22,24-26H,3-4,10-11,16H2,(H,34,37). The van der Waals surface area contributed by atoms with Crippen molar-refractivity contribution in [1.82, 2.24) is 15.4 Å². The second-order valence-electron chi connectivity index (χ2n) is 9.85. The predicted molar refractivity (Wildman–Crippen MR) is 148 cm³/mol. The molecule has 1 aliphatic heterocycles. The van der Waals surface area contributed by atoms with Crippen LogP contribution in [-0.2, 0) is 21.0 Å². The van der Waals surface area contributed by atoms with E-state index in [9.17, 15) is 19.3 Å². The van der Waals surface area contributed by atoms with Crippen molar-refractivity contribution in [1.29, 1.82) is 0 Å². The van der Waals surface area contributed by atoms with Gasteiger partial charge in [-0.05, 0) is 54.3 Å². The molecular formula is C29H26Cl2N4O5. The summed E-state index contributed by atoms with van der Waals surface area (Å²) in [6.45, 7) is 0.0279. The van der Waals surface area contributed by atoms with Crippen LogP contribution in [0.1, 0.15) is 64.8 Å². The molecule has 2 aliphatic rings. The maximum Gasteiger partial charge on any atom is 0.291 e. The summed E-state index contributed by atoms with van der Waals surface area (Å²) in [5.41, 5.74) is 4.45. The predicted octanol–water partition coefficient (Wildman–Crippen LogP) is 5.77. The summed E-state index contributed by atoms with van der Waals surface area (Å²) >= 11 is 12.9. The molecule has 5 rings (SSSR count). The van der Waals surface area contributed by atoms with Gasteiger partial charge >= 0.3 is 0 Å². The van der Waals surface area contributed by atoms with E-state index in [1.54, 1.807) is 65.7 Å². The van der Waals surface area contributed by atoms with E-state index in [2.05, 4.69) is 15.6 Å². The summed E-state index contributed by atoms with van der Waals surface area (Å²) in [4.78, 5) is 63.4. The highest BCUT2D eigenvalue weighted by Gasteiger charge is 2.50. The summed E-state index contributed by atoms with van der Waals surface area (Å²) in [5, 5.41) is 3.35. The zero-order valence-corrected chi connectivity index (χ0v) is 22.8. The van der Waals surface area contributed by atoms with Gasteiger partial charge in [-0.25, -0.2) is 5.48 Å². The highest BCUT2D eigenvalue weighted by molar-refractivity contribution is 6.35. The summed E-state index contributed by atoms with van der Waals surface area (Å²) in [6, 6.07) is 15.5. The minimum absolute atomic E-state index is 0.0279. The maximum absolute atomic E-state index is 14.2. The number of amides is 3. The molecule has 11 heteroatoms. The monoisotopic (exact) mass is 580 g/mol. The fourth-order valence-electron chi connectivity index (χ4n) is 5.80. The number of carbonyl (C=O) groups is 3. The third-order valence-corrected chi connectivity index (χ3v) is 8.12. The van der Waals surface area contributed by atoms with Crippen LogP contribution in [0.5, 0.6) is 0 Å². The third-order valence-electron chi connectivity index (χ3n) is 7.55. The second kappa shape index (κ2) is 12.2. The van der Waals surface area contributed by atoms with Crippen molar-refractivity contribution in [2.45, 2.75) is 50.3 Å². The largest absolute Gasteiger partial charge is 0.327 e. The lowest BCUT2D eigenvalue weighted by molar-refractivity contribution is -0.138. The van der Waals surface area contributed by atoms with Crippen LogP contribution in [0.15, 0.2) is 72.0 Å². The molecule has 2 aromatic carbocycles. The average molecular weight is 581 g/mol. The van der Waals surface area contributed by atoms with Gasteiger partial charge in [-0.15, -0.1) is 4.91 Å². The van der Waals surface area contributed by atoms with Gasteiger partial charge < -0.3 is 4.90 Å². The van der Waals surface area contributed by atoms with Crippen LogP contribution >= 0.6 is 23.2 Å². The number of carbonyl (C=O) groups excluding carboxylic acids is 3. The summed E-state index contributed by atoms with van der Waals surface area (Å²) < 4.78 is 0. The minimum atomic E-state index is -0.960. The van der Waals surface area contributed by atoms with E-state index in [0.29, 0.717) is 40.2 Å². The minimum Gasteiger partial charge on any atom is -0.327 e. The Kier molecular flexibility index (Phi) is 8.54. The van der Waals surface area contributed by atoms with Gasteiger partial charge in [0.05, 0.1) is 23.6 Å². The summed E-state index contributed by atoms with van der Waals surface area (Å²) in [5.74, 6) is -3.43. The highest BCUT2D eigenvalue weighted by atomic mass is 35.5. The molecule has 1 N–H and O–H groups in total. The number of benzene rings is 2. The molecule has 2 heterocycles. The van der Waals surface area contributed by atoms with Gasteiger partial charge in [0.2, 0.25) is 0 Å². The van der Waals surface area contributed by atoms with E-state index >= 15 is 0 Å². The highest BCUT2D eigenvalue weighted by Crippen LogP contribution is 2.48. The van der Waals surface area contributed by atoms with E-state index in [1.165, 1.54) is 0 Å². The zero-order chi connectivity index (χ0) is 28.2. The fourth-order valence-corrected chi connectivity index (χ4v) is 6.32. The molecule has 0 radical (unpaired) electrons. The number of halogens is 2. The first kappa shape index (κ1) is 27.9. The van der Waals surface area contributed by atoms with Crippen molar-refractivity contribution in [3.63, 3.8) is 0 Å². The van der Waals surface area contributed by atoms with Crippen LogP contribution in [-0.4, -0.2) is 33.6 Å². The van der Waals surface area contributed by atoms with Crippen LogP contribution in [0.3, 0.4) is 0 Å². The first-order valence-electron chi connectivity index (χ1n) is 13.0. The number of aromatic nitrogens is 1. The topological polar surface area (TPSA) is 118 Å². The number of fused-ring (bicyclic) bond motifs is 1. The smallest absolute Gasteiger partial charge is 0.291 e. The van der Waals surface area contributed by atoms with Crippen LogP contribution in [0.25, 0.3) is 0 Å². The Morgan fingerprint density at radius 1 is 1.02 bits per heavy atom. The molecule has 0 bridgehead atoms. The van der Waals surface area contributed by atoms with E-state index < -0.39 is 35.7 Å². The Labute approximate surface area is 240 Å². The molecule has 0 saturated heterocycles. The van der Waals surface area contributed by atoms with Crippen LogP contribution in [0.2, 0.25) is 10.0 Å². The number of nitroso groups, excluding NO2 is 1.